The van der Waals surface area contributed by atoms with E-state index >= 15 is 0 Å². The molecule has 5 aliphatic rings. The van der Waals surface area contributed by atoms with E-state index in [0.29, 0.717) is 41.7 Å². The summed E-state index contributed by atoms with van der Waals surface area (Å²) in [6, 6.07) is 5.57. The third-order valence-corrected chi connectivity index (χ3v) is 7.93. The molecular weight excluding hydrogens is 416 g/mol. The summed E-state index contributed by atoms with van der Waals surface area (Å²) < 4.78 is 6.03. The van der Waals surface area contributed by atoms with E-state index < -0.39 is 5.60 Å². The van der Waals surface area contributed by atoms with E-state index in [-0.39, 0.29) is 18.2 Å². The Balaban J connectivity index is 1.07. The Morgan fingerprint density at radius 2 is 2.03 bits per heavy atom. The average Bonchev–Trinajstić information content (AvgIpc) is 3.18. The number of carbonyl (C=O) groups is 1. The van der Waals surface area contributed by atoms with Crippen molar-refractivity contribution in [3.63, 3.8) is 0 Å². The van der Waals surface area contributed by atoms with Gasteiger partial charge in [0.05, 0.1) is 22.8 Å². The van der Waals surface area contributed by atoms with Crippen LogP contribution in [0.5, 0.6) is 0 Å². The molecule has 1 saturated heterocycles. The molecule has 2 N–H and O–H groups in total. The molecule has 2 aromatic rings. The molecule has 164 valence electrons. The molecule has 1 amide bonds. The third-order valence-electron chi connectivity index (χ3n) is 7.69. The van der Waals surface area contributed by atoms with Crippen LogP contribution in [0.2, 0.25) is 5.02 Å². The molecule has 1 aromatic heterocycles. The largest absolute Gasteiger partial charge is 0.446 e. The Morgan fingerprint density at radius 3 is 2.81 bits per heavy atom. The van der Waals surface area contributed by atoms with Crippen LogP contribution in [0, 0.1) is 17.8 Å². The van der Waals surface area contributed by atoms with Gasteiger partial charge in [-0.3, -0.25) is 4.98 Å². The van der Waals surface area contributed by atoms with Crippen LogP contribution in [0.15, 0.2) is 24.4 Å². The number of likely N-dealkylation sites (tertiary alicyclic amines) is 1. The van der Waals surface area contributed by atoms with Crippen LogP contribution < -0.4 is 5.32 Å². The van der Waals surface area contributed by atoms with Crippen LogP contribution in [0.25, 0.3) is 11.0 Å². The molecule has 4 aliphatic carbocycles. The van der Waals surface area contributed by atoms with Gasteiger partial charge in [0, 0.05) is 24.2 Å². The zero-order chi connectivity index (χ0) is 21.2. The van der Waals surface area contributed by atoms with Crippen molar-refractivity contribution in [2.24, 2.45) is 17.8 Å². The number of benzene rings is 1. The first-order valence-corrected chi connectivity index (χ1v) is 11.7. The van der Waals surface area contributed by atoms with E-state index in [4.69, 9.17) is 16.3 Å². The van der Waals surface area contributed by atoms with E-state index in [1.54, 1.807) is 23.2 Å². The number of ether oxygens (including phenoxy) is 1. The molecule has 4 bridgehead atoms. The van der Waals surface area contributed by atoms with Crippen LogP contribution in [0.4, 0.5) is 10.6 Å². The number of aromatic nitrogens is 2. The van der Waals surface area contributed by atoms with Gasteiger partial charge < -0.3 is 20.1 Å². The highest BCUT2D eigenvalue weighted by Crippen LogP contribution is 2.56. The van der Waals surface area contributed by atoms with E-state index in [1.165, 1.54) is 0 Å². The molecule has 1 aliphatic heterocycles. The fourth-order valence-corrected chi connectivity index (χ4v) is 6.79. The van der Waals surface area contributed by atoms with E-state index in [0.717, 1.165) is 49.6 Å². The Hall–Kier alpha value is -2.12. The van der Waals surface area contributed by atoms with E-state index in [9.17, 15) is 9.90 Å². The van der Waals surface area contributed by atoms with Crippen molar-refractivity contribution in [1.82, 2.24) is 14.9 Å². The minimum atomic E-state index is -0.506. The lowest BCUT2D eigenvalue weighted by Crippen LogP contribution is -2.58. The molecule has 8 heteroatoms. The van der Waals surface area contributed by atoms with Crippen molar-refractivity contribution < 1.29 is 14.6 Å². The number of nitrogens with zero attached hydrogens (tertiary/aromatic N) is 3. The lowest BCUT2D eigenvalue weighted by atomic mass is 9.53. The second kappa shape index (κ2) is 7.20. The number of anilines is 1. The van der Waals surface area contributed by atoms with Crippen molar-refractivity contribution in [3.8, 4) is 0 Å². The second-order valence-electron chi connectivity index (χ2n) is 10.0. The summed E-state index contributed by atoms with van der Waals surface area (Å²) in [6.07, 6.45) is 6.99. The van der Waals surface area contributed by atoms with Crippen molar-refractivity contribution in [3.05, 3.63) is 29.4 Å². The summed E-state index contributed by atoms with van der Waals surface area (Å²) in [6.45, 7) is 1.26. The Kier molecular flexibility index (Phi) is 4.54. The first-order chi connectivity index (χ1) is 14.9. The minimum Gasteiger partial charge on any atom is -0.446 e. The highest BCUT2D eigenvalue weighted by Gasteiger charge is 2.56. The van der Waals surface area contributed by atoms with E-state index in [2.05, 4.69) is 15.3 Å². The predicted molar refractivity (Wildman–Crippen MR) is 117 cm³/mol. The van der Waals surface area contributed by atoms with Gasteiger partial charge in [-0.25, -0.2) is 9.78 Å². The van der Waals surface area contributed by atoms with E-state index in [1.807, 2.05) is 6.07 Å². The molecule has 1 aromatic carbocycles. The Morgan fingerprint density at radius 1 is 1.23 bits per heavy atom. The van der Waals surface area contributed by atoms with Crippen molar-refractivity contribution in [1.29, 1.82) is 0 Å². The third kappa shape index (κ3) is 3.61. The number of rotatable bonds is 3. The first-order valence-electron chi connectivity index (χ1n) is 11.3. The van der Waals surface area contributed by atoms with Crippen molar-refractivity contribution in [2.75, 3.05) is 18.4 Å². The summed E-state index contributed by atoms with van der Waals surface area (Å²) in [5, 5.41) is 14.8. The molecule has 4 saturated carbocycles. The summed E-state index contributed by atoms with van der Waals surface area (Å²) in [7, 11) is 0. The maximum Gasteiger partial charge on any atom is 0.410 e. The molecule has 7 rings (SSSR count). The molecule has 7 nitrogen and oxygen atoms in total. The maximum atomic E-state index is 12.9. The van der Waals surface area contributed by atoms with Gasteiger partial charge in [-0.05, 0) is 74.5 Å². The second-order valence-corrected chi connectivity index (χ2v) is 10.4. The Bertz CT molecular complexity index is 1020. The zero-order valence-electron chi connectivity index (χ0n) is 17.3. The maximum absolute atomic E-state index is 12.9. The number of nitrogens with one attached hydrogen (secondary N) is 1. The lowest BCUT2D eigenvalue weighted by Gasteiger charge is -2.57. The monoisotopic (exact) mass is 442 g/mol. The first kappa shape index (κ1) is 19.6. The molecular formula is C23H27ClN4O3. The number of hydrogen-bond donors (Lipinski definition) is 2. The van der Waals surface area contributed by atoms with Crippen molar-refractivity contribution >= 4 is 34.5 Å². The average molecular weight is 443 g/mol. The standard InChI is InChI=1S/C23H27ClN4O3/c24-16-1-2-18-19(7-16)25-11-20(27-18)26-17-3-4-28(12-17)22(29)31-21-14-5-13-6-15(21)10-23(30,8-13)9-14/h1-2,7,11,13-15,17,21,30H,3-6,8-10,12H2,(H,26,27)/t13?,14-,15-,17?,21?,23?/m1/s1. The van der Waals surface area contributed by atoms with Crippen LogP contribution in [0.1, 0.15) is 38.5 Å². The number of hydrogen-bond acceptors (Lipinski definition) is 6. The topological polar surface area (TPSA) is 87.6 Å². The molecule has 5 fully saturated rings. The number of carbonyl (C=O) groups excluding carboxylic acids is 1. The van der Waals surface area contributed by atoms with Gasteiger partial charge in [-0.2, -0.15) is 0 Å². The number of fused-ring (bicyclic) bond motifs is 1. The fourth-order valence-electron chi connectivity index (χ4n) is 6.62. The summed E-state index contributed by atoms with van der Waals surface area (Å²) >= 11 is 6.01. The van der Waals surface area contributed by atoms with Gasteiger partial charge in [-0.1, -0.05) is 11.6 Å². The van der Waals surface area contributed by atoms with Gasteiger partial charge in [-0.15, -0.1) is 0 Å². The van der Waals surface area contributed by atoms with Gasteiger partial charge in [0.1, 0.15) is 11.9 Å². The molecule has 31 heavy (non-hydrogen) atoms. The molecule has 0 radical (unpaired) electrons. The number of aliphatic hydroxyl groups is 1. The number of halogens is 1. The summed E-state index contributed by atoms with van der Waals surface area (Å²) in [5.41, 5.74) is 1.04. The Labute approximate surface area is 186 Å². The van der Waals surface area contributed by atoms with Crippen LogP contribution >= 0.6 is 11.6 Å². The molecule has 2 heterocycles. The molecule has 1 unspecified atom stereocenters. The highest BCUT2D eigenvalue weighted by atomic mass is 35.5. The fraction of sp³-hybridized carbons (Fsp3) is 0.609. The predicted octanol–water partition coefficient (Wildman–Crippen LogP) is 3.85. The van der Waals surface area contributed by atoms with Gasteiger partial charge in [0.2, 0.25) is 0 Å². The zero-order valence-corrected chi connectivity index (χ0v) is 18.1. The number of amides is 1. The van der Waals surface area contributed by atoms with Gasteiger partial charge in [0.25, 0.3) is 0 Å². The minimum absolute atomic E-state index is 0.0329. The molecule has 3 atom stereocenters. The quantitative estimate of drug-likeness (QED) is 0.750. The van der Waals surface area contributed by atoms with Crippen LogP contribution in [0.3, 0.4) is 0 Å². The lowest BCUT2D eigenvalue weighted by molar-refractivity contribution is -0.177. The van der Waals surface area contributed by atoms with Gasteiger partial charge in [0.15, 0.2) is 0 Å². The highest BCUT2D eigenvalue weighted by molar-refractivity contribution is 6.31. The smallest absolute Gasteiger partial charge is 0.410 e. The van der Waals surface area contributed by atoms with Crippen LogP contribution in [-0.4, -0.2) is 56.9 Å². The van der Waals surface area contributed by atoms with Crippen molar-refractivity contribution in [2.45, 2.75) is 56.3 Å². The van der Waals surface area contributed by atoms with Crippen LogP contribution in [-0.2, 0) is 4.74 Å². The van der Waals surface area contributed by atoms with Gasteiger partial charge >= 0.3 is 6.09 Å². The SMILES string of the molecule is O=C(OC1[C@@H]2CC3C[C@@H]1CC(O)(C3)C2)N1CCC(Nc2cnc3cc(Cl)ccc3n2)C1. The molecule has 0 spiro atoms. The normalized spacial score (nSPS) is 36.2. The summed E-state index contributed by atoms with van der Waals surface area (Å²) in [5.74, 6) is 1.94. The summed E-state index contributed by atoms with van der Waals surface area (Å²) in [4.78, 5) is 23.7.